The van der Waals surface area contributed by atoms with Gasteiger partial charge in [0, 0.05) is 0 Å². The first-order chi connectivity index (χ1) is 18.1. The Kier molecular flexibility index (Phi) is 14.0. The van der Waals surface area contributed by atoms with Crippen molar-refractivity contribution >= 4 is 23.9 Å². The second kappa shape index (κ2) is 16.1. The van der Waals surface area contributed by atoms with Crippen molar-refractivity contribution in [1.29, 1.82) is 0 Å². The number of hydrogen-bond acceptors (Lipinski definition) is 6. The third kappa shape index (κ3) is 13.5. The summed E-state index contributed by atoms with van der Waals surface area (Å²) in [5, 5.41) is 8.28. The van der Waals surface area contributed by atoms with Crippen molar-refractivity contribution in [1.82, 2.24) is 16.0 Å². The van der Waals surface area contributed by atoms with E-state index in [9.17, 15) is 19.2 Å². The molecule has 1 aromatic rings. The fourth-order valence-electron chi connectivity index (χ4n) is 3.89. The molecule has 3 amide bonds. The summed E-state index contributed by atoms with van der Waals surface area (Å²) in [5.74, 6) is -1.50. The number of rotatable bonds is 14. The molecule has 0 radical (unpaired) electrons. The van der Waals surface area contributed by atoms with E-state index in [0.717, 1.165) is 5.56 Å². The minimum Gasteiger partial charge on any atom is -0.459 e. The van der Waals surface area contributed by atoms with E-state index in [2.05, 4.69) is 16.0 Å². The van der Waals surface area contributed by atoms with Gasteiger partial charge in [0.25, 0.3) is 0 Å². The van der Waals surface area contributed by atoms with Gasteiger partial charge in [0.2, 0.25) is 11.8 Å². The Bertz CT molecular complexity index is 926. The average Bonchev–Trinajstić information content (AvgIpc) is 2.83. The van der Waals surface area contributed by atoms with Crippen LogP contribution >= 0.6 is 0 Å². The molecule has 0 aromatic heterocycles. The molecule has 3 N–H and O–H groups in total. The molecule has 0 saturated heterocycles. The first-order valence-corrected chi connectivity index (χ1v) is 13.9. The standard InChI is InChI=1S/C30H49N3O6/c1-10-21(6)25(33-29(37)39-30(7,8)9)27(35)31-23(16-19(2)3)26(34)32-24(17-20(4)5)28(36)38-18-22-14-12-11-13-15-22/h11-15,19-21,23-25H,10,16-18H2,1-9H3,(H,31,35)(H,32,34)(H,33,37). The molecule has 0 saturated carbocycles. The van der Waals surface area contributed by atoms with Gasteiger partial charge in [0.15, 0.2) is 0 Å². The number of carbonyl (C=O) groups is 4. The van der Waals surface area contributed by atoms with Crippen molar-refractivity contribution in [3.05, 3.63) is 35.9 Å². The van der Waals surface area contributed by atoms with Crippen LogP contribution in [-0.4, -0.2) is 47.6 Å². The summed E-state index contributed by atoms with van der Waals surface area (Å²) in [4.78, 5) is 52.1. The van der Waals surface area contributed by atoms with Crippen molar-refractivity contribution in [3.63, 3.8) is 0 Å². The van der Waals surface area contributed by atoms with Crippen molar-refractivity contribution < 1.29 is 28.7 Å². The highest BCUT2D eigenvalue weighted by molar-refractivity contribution is 5.93. The van der Waals surface area contributed by atoms with Gasteiger partial charge in [0.1, 0.15) is 30.3 Å². The van der Waals surface area contributed by atoms with E-state index in [1.807, 2.05) is 71.9 Å². The van der Waals surface area contributed by atoms with Gasteiger partial charge in [-0.15, -0.1) is 0 Å². The number of hydrogen-bond donors (Lipinski definition) is 3. The molecule has 4 unspecified atom stereocenters. The number of esters is 1. The number of amides is 3. The summed E-state index contributed by atoms with van der Waals surface area (Å²) in [6.07, 6.45) is 0.659. The molecule has 39 heavy (non-hydrogen) atoms. The van der Waals surface area contributed by atoms with E-state index in [4.69, 9.17) is 9.47 Å². The lowest BCUT2D eigenvalue weighted by atomic mass is 9.96. The number of ether oxygens (including phenoxy) is 2. The summed E-state index contributed by atoms with van der Waals surface area (Å²) in [6.45, 7) is 16.9. The molecule has 0 spiro atoms. The maximum atomic E-state index is 13.4. The Balaban J connectivity index is 3.02. The van der Waals surface area contributed by atoms with Crippen LogP contribution in [0, 0.1) is 17.8 Å². The molecule has 1 rings (SSSR count). The number of alkyl carbamates (subject to hydrolysis) is 1. The zero-order valence-corrected chi connectivity index (χ0v) is 25.1. The molecular weight excluding hydrogens is 498 g/mol. The number of carbonyl (C=O) groups excluding carboxylic acids is 4. The van der Waals surface area contributed by atoms with E-state index in [0.29, 0.717) is 19.3 Å². The normalized spacial score (nSPS) is 14.6. The lowest BCUT2D eigenvalue weighted by molar-refractivity contribution is -0.150. The van der Waals surface area contributed by atoms with Gasteiger partial charge in [-0.25, -0.2) is 9.59 Å². The lowest BCUT2D eigenvalue weighted by Crippen LogP contribution is -2.57. The van der Waals surface area contributed by atoms with Crippen LogP contribution in [0.2, 0.25) is 0 Å². The van der Waals surface area contributed by atoms with Crippen LogP contribution in [0.25, 0.3) is 0 Å². The molecule has 0 bridgehead atoms. The van der Waals surface area contributed by atoms with Crippen LogP contribution in [0.15, 0.2) is 30.3 Å². The van der Waals surface area contributed by atoms with Gasteiger partial charge in [-0.3, -0.25) is 9.59 Å². The highest BCUT2D eigenvalue weighted by Gasteiger charge is 2.33. The van der Waals surface area contributed by atoms with Crippen LogP contribution in [0.4, 0.5) is 4.79 Å². The third-order valence-corrected chi connectivity index (χ3v) is 6.04. The smallest absolute Gasteiger partial charge is 0.408 e. The summed E-state index contributed by atoms with van der Waals surface area (Å²) in [5.41, 5.74) is 0.125. The number of benzene rings is 1. The molecular formula is C30H49N3O6. The largest absolute Gasteiger partial charge is 0.459 e. The molecule has 0 fully saturated rings. The minimum absolute atomic E-state index is 0.0792. The van der Waals surface area contributed by atoms with E-state index in [1.165, 1.54) is 0 Å². The zero-order valence-electron chi connectivity index (χ0n) is 25.1. The number of nitrogens with one attached hydrogen (secondary N) is 3. The monoisotopic (exact) mass is 547 g/mol. The lowest BCUT2D eigenvalue weighted by Gasteiger charge is -2.29. The van der Waals surface area contributed by atoms with Crippen LogP contribution in [0.3, 0.4) is 0 Å². The van der Waals surface area contributed by atoms with Crippen molar-refractivity contribution in [2.24, 2.45) is 17.8 Å². The van der Waals surface area contributed by atoms with E-state index in [1.54, 1.807) is 20.8 Å². The summed E-state index contributed by atoms with van der Waals surface area (Å²) in [7, 11) is 0. The van der Waals surface area contributed by atoms with E-state index in [-0.39, 0.29) is 24.4 Å². The maximum absolute atomic E-state index is 13.4. The predicted molar refractivity (Wildman–Crippen MR) is 152 cm³/mol. The summed E-state index contributed by atoms with van der Waals surface area (Å²) >= 11 is 0. The maximum Gasteiger partial charge on any atom is 0.408 e. The first kappa shape index (κ1) is 33.9. The van der Waals surface area contributed by atoms with Gasteiger partial charge in [-0.05, 0) is 56.9 Å². The van der Waals surface area contributed by atoms with Crippen LogP contribution in [-0.2, 0) is 30.5 Å². The summed E-state index contributed by atoms with van der Waals surface area (Å²) < 4.78 is 10.8. The van der Waals surface area contributed by atoms with Crippen molar-refractivity contribution in [2.75, 3.05) is 0 Å². The molecule has 9 nitrogen and oxygen atoms in total. The highest BCUT2D eigenvalue weighted by Crippen LogP contribution is 2.14. The molecule has 0 aliphatic carbocycles. The van der Waals surface area contributed by atoms with Gasteiger partial charge in [0.05, 0.1) is 0 Å². The molecule has 0 aliphatic heterocycles. The first-order valence-electron chi connectivity index (χ1n) is 13.9. The van der Waals surface area contributed by atoms with Gasteiger partial charge >= 0.3 is 12.1 Å². The fourth-order valence-corrected chi connectivity index (χ4v) is 3.89. The van der Waals surface area contributed by atoms with Crippen LogP contribution in [0.5, 0.6) is 0 Å². The molecule has 0 heterocycles. The predicted octanol–water partition coefficient (Wildman–Crippen LogP) is 4.73. The molecule has 220 valence electrons. The van der Waals surface area contributed by atoms with Crippen molar-refractivity contribution in [3.8, 4) is 0 Å². The Morgan fingerprint density at radius 3 is 1.85 bits per heavy atom. The molecule has 0 aliphatic rings. The van der Waals surface area contributed by atoms with Gasteiger partial charge < -0.3 is 25.4 Å². The average molecular weight is 548 g/mol. The SMILES string of the molecule is CCC(C)C(NC(=O)OC(C)(C)C)C(=O)NC(CC(C)C)C(=O)NC(CC(C)C)C(=O)OCc1ccccc1. The van der Waals surface area contributed by atoms with Gasteiger partial charge in [-0.1, -0.05) is 78.3 Å². The Hall–Kier alpha value is -3.10. The topological polar surface area (TPSA) is 123 Å². The van der Waals surface area contributed by atoms with E-state index < -0.39 is 47.6 Å². The highest BCUT2D eigenvalue weighted by atomic mass is 16.6. The Labute approximate surface area is 234 Å². The van der Waals surface area contributed by atoms with Gasteiger partial charge in [-0.2, -0.15) is 0 Å². The summed E-state index contributed by atoms with van der Waals surface area (Å²) in [6, 6.07) is 6.66. The minimum atomic E-state index is -0.902. The second-order valence-electron chi connectivity index (χ2n) is 12.0. The Morgan fingerprint density at radius 1 is 0.795 bits per heavy atom. The zero-order chi connectivity index (χ0) is 29.8. The van der Waals surface area contributed by atoms with Crippen LogP contribution < -0.4 is 16.0 Å². The van der Waals surface area contributed by atoms with E-state index >= 15 is 0 Å². The van der Waals surface area contributed by atoms with Crippen LogP contribution in [0.1, 0.15) is 87.1 Å². The second-order valence-corrected chi connectivity index (χ2v) is 12.0. The van der Waals surface area contributed by atoms with Crippen molar-refractivity contribution in [2.45, 2.75) is 112 Å². The molecule has 9 heteroatoms. The quantitative estimate of drug-likeness (QED) is 0.289. The third-order valence-electron chi connectivity index (χ3n) is 6.04. The fraction of sp³-hybridized carbons (Fsp3) is 0.667. The molecule has 1 aromatic carbocycles. The molecule has 4 atom stereocenters. The Morgan fingerprint density at radius 2 is 1.33 bits per heavy atom.